The van der Waals surface area contributed by atoms with Gasteiger partial charge in [0.25, 0.3) is 5.91 Å². The van der Waals surface area contributed by atoms with Crippen LogP contribution in [-0.2, 0) is 6.54 Å². The number of furan rings is 1. The van der Waals surface area contributed by atoms with E-state index >= 15 is 0 Å². The molecule has 1 aliphatic carbocycles. The largest absolute Gasteiger partial charge is 0.459 e. The van der Waals surface area contributed by atoms with Crippen LogP contribution in [0.15, 0.2) is 35.5 Å². The fourth-order valence-electron chi connectivity index (χ4n) is 2.29. The highest BCUT2D eigenvalue weighted by Crippen LogP contribution is 2.46. The Kier molecular flexibility index (Phi) is 2.89. The maximum Gasteiger partial charge on any atom is 0.287 e. The van der Waals surface area contributed by atoms with Crippen molar-refractivity contribution in [1.29, 1.82) is 0 Å². The van der Waals surface area contributed by atoms with E-state index in [0.717, 1.165) is 24.9 Å². The number of amides is 1. The van der Waals surface area contributed by atoms with Crippen molar-refractivity contribution in [2.24, 2.45) is 5.41 Å². The van der Waals surface area contributed by atoms with E-state index in [1.165, 1.54) is 0 Å². The summed E-state index contributed by atoms with van der Waals surface area (Å²) in [4.78, 5) is 16.0. The summed E-state index contributed by atoms with van der Waals surface area (Å²) in [5.74, 6) is 0.290. The van der Waals surface area contributed by atoms with Gasteiger partial charge in [-0.25, -0.2) is 4.98 Å². The molecule has 1 fully saturated rings. The Morgan fingerprint density at radius 1 is 1.58 bits per heavy atom. The zero-order valence-electron chi connectivity index (χ0n) is 10.9. The SMILES string of the molecule is Cc1ccoc1C(=O)NCC1(Cn2ccnc2)CC1. The number of nitrogens with one attached hydrogen (secondary N) is 1. The summed E-state index contributed by atoms with van der Waals surface area (Å²) in [5.41, 5.74) is 1.06. The molecule has 0 atom stereocenters. The maximum atomic E-state index is 12.0. The van der Waals surface area contributed by atoms with Gasteiger partial charge in [-0.3, -0.25) is 4.79 Å². The third kappa shape index (κ3) is 2.54. The van der Waals surface area contributed by atoms with Crippen molar-refractivity contribution in [3.63, 3.8) is 0 Å². The lowest BCUT2D eigenvalue weighted by atomic mass is 10.1. The zero-order valence-corrected chi connectivity index (χ0v) is 10.9. The van der Waals surface area contributed by atoms with E-state index in [9.17, 15) is 4.79 Å². The lowest BCUT2D eigenvalue weighted by molar-refractivity contribution is 0.0914. The van der Waals surface area contributed by atoms with Crippen LogP contribution in [0.3, 0.4) is 0 Å². The summed E-state index contributed by atoms with van der Waals surface area (Å²) in [6, 6.07) is 1.80. The number of rotatable bonds is 5. The van der Waals surface area contributed by atoms with E-state index in [0.29, 0.717) is 12.3 Å². The van der Waals surface area contributed by atoms with Gasteiger partial charge in [0.2, 0.25) is 0 Å². The molecule has 1 saturated carbocycles. The molecule has 0 saturated heterocycles. The lowest BCUT2D eigenvalue weighted by Crippen LogP contribution is -2.32. The van der Waals surface area contributed by atoms with Crippen LogP contribution in [0.1, 0.15) is 29.0 Å². The van der Waals surface area contributed by atoms with E-state index in [4.69, 9.17) is 4.42 Å². The number of hydrogen-bond acceptors (Lipinski definition) is 3. The molecule has 0 spiro atoms. The molecule has 0 aliphatic heterocycles. The number of carbonyl (C=O) groups excluding carboxylic acids is 1. The highest BCUT2D eigenvalue weighted by Gasteiger charge is 2.43. The van der Waals surface area contributed by atoms with E-state index in [1.807, 2.05) is 19.4 Å². The topological polar surface area (TPSA) is 60.1 Å². The predicted molar refractivity (Wildman–Crippen MR) is 69.7 cm³/mol. The molecule has 3 rings (SSSR count). The van der Waals surface area contributed by atoms with Gasteiger partial charge in [0, 0.05) is 36.5 Å². The van der Waals surface area contributed by atoms with Gasteiger partial charge in [-0.15, -0.1) is 0 Å². The number of aryl methyl sites for hydroxylation is 1. The Morgan fingerprint density at radius 2 is 2.42 bits per heavy atom. The van der Waals surface area contributed by atoms with Gasteiger partial charge in [0.1, 0.15) is 0 Å². The number of nitrogens with zero attached hydrogens (tertiary/aromatic N) is 2. The minimum absolute atomic E-state index is 0.126. The molecule has 5 nitrogen and oxygen atoms in total. The van der Waals surface area contributed by atoms with Crippen LogP contribution in [-0.4, -0.2) is 22.0 Å². The summed E-state index contributed by atoms with van der Waals surface area (Å²) in [5, 5.41) is 2.97. The normalized spacial score (nSPS) is 16.3. The van der Waals surface area contributed by atoms with Crippen molar-refractivity contribution in [1.82, 2.24) is 14.9 Å². The van der Waals surface area contributed by atoms with Crippen LogP contribution in [0.25, 0.3) is 0 Å². The fourth-order valence-corrected chi connectivity index (χ4v) is 2.29. The number of aromatic nitrogens is 2. The van der Waals surface area contributed by atoms with Crippen molar-refractivity contribution in [2.45, 2.75) is 26.3 Å². The minimum atomic E-state index is -0.126. The molecular weight excluding hydrogens is 242 g/mol. The Hall–Kier alpha value is -2.04. The second-order valence-electron chi connectivity index (χ2n) is 5.35. The zero-order chi connectivity index (χ0) is 13.3. The van der Waals surface area contributed by atoms with Gasteiger partial charge < -0.3 is 14.3 Å². The number of hydrogen-bond donors (Lipinski definition) is 1. The summed E-state index contributed by atoms with van der Waals surface area (Å²) < 4.78 is 7.26. The first kappa shape index (κ1) is 12.0. The van der Waals surface area contributed by atoms with E-state index < -0.39 is 0 Å². The molecule has 0 radical (unpaired) electrons. The minimum Gasteiger partial charge on any atom is -0.459 e. The highest BCUT2D eigenvalue weighted by atomic mass is 16.3. The number of imidazole rings is 1. The first-order valence-corrected chi connectivity index (χ1v) is 6.47. The van der Waals surface area contributed by atoms with Crippen molar-refractivity contribution in [3.8, 4) is 0 Å². The van der Waals surface area contributed by atoms with Gasteiger partial charge in [-0.1, -0.05) is 0 Å². The third-order valence-electron chi connectivity index (χ3n) is 3.73. The Bertz CT molecular complexity index is 567. The Labute approximate surface area is 111 Å². The second kappa shape index (κ2) is 4.57. The highest BCUT2D eigenvalue weighted by molar-refractivity contribution is 5.92. The first-order valence-electron chi connectivity index (χ1n) is 6.47. The van der Waals surface area contributed by atoms with Crippen molar-refractivity contribution in [2.75, 3.05) is 6.54 Å². The molecule has 0 bridgehead atoms. The molecule has 19 heavy (non-hydrogen) atoms. The van der Waals surface area contributed by atoms with Crippen LogP contribution in [0.2, 0.25) is 0 Å². The van der Waals surface area contributed by atoms with Gasteiger partial charge in [0.05, 0.1) is 12.6 Å². The molecule has 100 valence electrons. The smallest absolute Gasteiger partial charge is 0.287 e. The van der Waals surface area contributed by atoms with Gasteiger partial charge in [-0.05, 0) is 25.8 Å². The fraction of sp³-hybridized carbons (Fsp3) is 0.429. The van der Waals surface area contributed by atoms with Gasteiger partial charge in [0.15, 0.2) is 5.76 Å². The molecule has 1 aliphatic rings. The van der Waals surface area contributed by atoms with Crippen LogP contribution in [0.4, 0.5) is 0 Å². The van der Waals surface area contributed by atoms with Gasteiger partial charge >= 0.3 is 0 Å². The van der Waals surface area contributed by atoms with Crippen LogP contribution in [0, 0.1) is 12.3 Å². The monoisotopic (exact) mass is 259 g/mol. The van der Waals surface area contributed by atoms with Crippen molar-refractivity contribution >= 4 is 5.91 Å². The Morgan fingerprint density at radius 3 is 3.00 bits per heavy atom. The standard InChI is InChI=1S/C14H17N3O2/c1-11-2-7-19-12(11)13(18)16-8-14(3-4-14)9-17-6-5-15-10-17/h2,5-7,10H,3-4,8-9H2,1H3,(H,16,18). The quantitative estimate of drug-likeness (QED) is 0.893. The third-order valence-corrected chi connectivity index (χ3v) is 3.73. The summed E-state index contributed by atoms with van der Waals surface area (Å²) >= 11 is 0. The molecule has 5 heteroatoms. The first-order chi connectivity index (χ1) is 9.19. The maximum absolute atomic E-state index is 12.0. The van der Waals surface area contributed by atoms with Crippen molar-refractivity contribution in [3.05, 3.63) is 42.4 Å². The predicted octanol–water partition coefficient (Wildman–Crippen LogP) is 1.99. The second-order valence-corrected chi connectivity index (χ2v) is 5.35. The molecule has 0 aromatic carbocycles. The summed E-state index contributed by atoms with van der Waals surface area (Å²) in [6.07, 6.45) is 9.38. The molecule has 0 unspecified atom stereocenters. The molecular formula is C14H17N3O2. The molecule has 2 heterocycles. The van der Waals surface area contributed by atoms with E-state index in [2.05, 4.69) is 14.9 Å². The summed E-state index contributed by atoms with van der Waals surface area (Å²) in [7, 11) is 0. The average molecular weight is 259 g/mol. The summed E-state index contributed by atoms with van der Waals surface area (Å²) in [6.45, 7) is 3.46. The average Bonchev–Trinajstić information content (AvgIpc) is 2.78. The van der Waals surface area contributed by atoms with Crippen molar-refractivity contribution < 1.29 is 9.21 Å². The van der Waals surface area contributed by atoms with Crippen LogP contribution in [0.5, 0.6) is 0 Å². The van der Waals surface area contributed by atoms with Gasteiger partial charge in [-0.2, -0.15) is 0 Å². The van der Waals surface area contributed by atoms with E-state index in [-0.39, 0.29) is 11.3 Å². The molecule has 2 aromatic rings. The molecule has 1 amide bonds. The van der Waals surface area contributed by atoms with Crippen LogP contribution >= 0.6 is 0 Å². The molecule has 2 aromatic heterocycles. The Balaban J connectivity index is 1.58. The van der Waals surface area contributed by atoms with Crippen LogP contribution < -0.4 is 5.32 Å². The van der Waals surface area contributed by atoms with E-state index in [1.54, 1.807) is 18.5 Å². The number of carbonyl (C=O) groups is 1. The lowest BCUT2D eigenvalue weighted by Gasteiger charge is -2.16. The molecule has 1 N–H and O–H groups in total.